The van der Waals surface area contributed by atoms with Gasteiger partial charge in [-0.1, -0.05) is 6.92 Å². The molecule has 50 valence electrons. The predicted molar refractivity (Wildman–Crippen MR) is 33.9 cm³/mol. The fraction of sp³-hybridized carbons (Fsp3) is 0.333. The summed E-state index contributed by atoms with van der Waals surface area (Å²) in [6.45, 7) is 1.91. The highest BCUT2D eigenvalue weighted by atomic mass is 15.1. The Balaban J connectivity index is 3.01. The third-order valence-corrected chi connectivity index (χ3v) is 1.03. The largest absolute Gasteiger partial charge is 0.219 e. The molecular weight excluding hydrogens is 128 g/mol. The predicted octanol–water partition coefficient (Wildman–Crippen LogP) is 0.306. The molecule has 0 aliphatic carbocycles. The van der Waals surface area contributed by atoms with Gasteiger partial charge in [-0.25, -0.2) is 4.98 Å². The third kappa shape index (κ3) is 1.26. The highest BCUT2D eigenvalue weighted by Gasteiger charge is 1.94. The zero-order valence-corrected chi connectivity index (χ0v) is 5.57. The van der Waals surface area contributed by atoms with Crippen molar-refractivity contribution >= 4 is 0 Å². The lowest BCUT2D eigenvalue weighted by Crippen LogP contribution is -1.96. The van der Waals surface area contributed by atoms with Crippen molar-refractivity contribution in [2.75, 3.05) is 0 Å². The first-order chi connectivity index (χ1) is 4.86. The van der Waals surface area contributed by atoms with E-state index in [9.17, 15) is 0 Å². The van der Waals surface area contributed by atoms with E-state index in [0.717, 1.165) is 0 Å². The minimum Gasteiger partial charge on any atom is -0.219 e. The quantitative estimate of drug-likeness (QED) is 0.554. The Morgan fingerprint density at radius 3 is 3.10 bits per heavy atom. The van der Waals surface area contributed by atoms with Gasteiger partial charge in [0.05, 0.1) is 6.20 Å². The van der Waals surface area contributed by atoms with Crippen molar-refractivity contribution in [3.05, 3.63) is 17.7 Å². The Morgan fingerprint density at radius 2 is 2.50 bits per heavy atom. The zero-order valence-electron chi connectivity index (χ0n) is 5.57. The molecule has 10 heavy (non-hydrogen) atoms. The Kier molecular flexibility index (Phi) is 1.90. The maximum absolute atomic E-state index is 8.38. The lowest BCUT2D eigenvalue weighted by atomic mass is 10.4. The van der Waals surface area contributed by atoms with Crippen LogP contribution in [-0.2, 0) is 6.42 Å². The average molecular weight is 134 g/mol. The van der Waals surface area contributed by atoms with E-state index in [1.165, 1.54) is 6.20 Å². The van der Waals surface area contributed by atoms with Crippen molar-refractivity contribution in [3.8, 4) is 6.07 Å². The molecule has 4 nitrogen and oxygen atoms in total. The van der Waals surface area contributed by atoms with E-state index in [1.54, 1.807) is 0 Å². The van der Waals surface area contributed by atoms with Gasteiger partial charge in [0.2, 0.25) is 0 Å². The van der Waals surface area contributed by atoms with Crippen LogP contribution in [0.3, 0.4) is 0 Å². The van der Waals surface area contributed by atoms with Gasteiger partial charge in [-0.05, 0) is 0 Å². The molecule has 1 aromatic rings. The summed E-state index contributed by atoms with van der Waals surface area (Å²) in [7, 11) is 0. The molecule has 0 N–H and O–H groups in total. The summed E-state index contributed by atoms with van der Waals surface area (Å²) in [5.74, 6) is 0.610. The molecule has 0 atom stereocenters. The molecule has 0 aliphatic heterocycles. The zero-order chi connectivity index (χ0) is 7.40. The van der Waals surface area contributed by atoms with Crippen molar-refractivity contribution in [2.45, 2.75) is 13.3 Å². The molecule has 4 heteroatoms. The molecule has 0 spiro atoms. The highest BCUT2D eigenvalue weighted by molar-refractivity contribution is 5.14. The molecule has 0 radical (unpaired) electrons. The number of aromatic nitrogens is 3. The first-order valence-corrected chi connectivity index (χ1v) is 2.95. The fourth-order valence-electron chi connectivity index (χ4n) is 0.544. The molecule has 0 fully saturated rings. The monoisotopic (exact) mass is 134 g/mol. The normalized spacial score (nSPS) is 8.80. The minimum absolute atomic E-state index is 0.326. The Labute approximate surface area is 58.5 Å². The molecule has 0 bridgehead atoms. The van der Waals surface area contributed by atoms with Crippen LogP contribution in [0.1, 0.15) is 18.4 Å². The van der Waals surface area contributed by atoms with Crippen LogP contribution in [0.25, 0.3) is 0 Å². The van der Waals surface area contributed by atoms with E-state index in [4.69, 9.17) is 5.26 Å². The number of rotatable bonds is 1. The van der Waals surface area contributed by atoms with E-state index >= 15 is 0 Å². The van der Waals surface area contributed by atoms with E-state index in [0.29, 0.717) is 17.9 Å². The molecule has 0 amide bonds. The molecule has 0 saturated heterocycles. The van der Waals surface area contributed by atoms with Gasteiger partial charge < -0.3 is 0 Å². The lowest BCUT2D eigenvalue weighted by Gasteiger charge is -1.90. The summed E-state index contributed by atoms with van der Waals surface area (Å²) in [5.41, 5.74) is 0.326. The van der Waals surface area contributed by atoms with Crippen LogP contribution >= 0.6 is 0 Å². The van der Waals surface area contributed by atoms with Crippen LogP contribution in [0.2, 0.25) is 0 Å². The van der Waals surface area contributed by atoms with E-state index in [2.05, 4.69) is 15.2 Å². The van der Waals surface area contributed by atoms with Gasteiger partial charge in [-0.3, -0.25) is 0 Å². The van der Waals surface area contributed by atoms with E-state index in [1.807, 2.05) is 13.0 Å². The molecule has 0 aliphatic rings. The van der Waals surface area contributed by atoms with Gasteiger partial charge in [0.15, 0.2) is 11.5 Å². The van der Waals surface area contributed by atoms with Crippen molar-refractivity contribution in [1.29, 1.82) is 5.26 Å². The van der Waals surface area contributed by atoms with E-state index < -0.39 is 0 Å². The molecule has 1 heterocycles. The van der Waals surface area contributed by atoms with Gasteiger partial charge in [-0.15, -0.1) is 5.10 Å². The Bertz CT molecular complexity index is 263. The summed E-state index contributed by atoms with van der Waals surface area (Å²) >= 11 is 0. The number of aryl methyl sites for hydroxylation is 1. The summed E-state index contributed by atoms with van der Waals surface area (Å²) < 4.78 is 0. The van der Waals surface area contributed by atoms with Crippen LogP contribution in [0.15, 0.2) is 6.20 Å². The first-order valence-electron chi connectivity index (χ1n) is 2.95. The molecule has 0 saturated carbocycles. The second-order valence-corrected chi connectivity index (χ2v) is 1.72. The van der Waals surface area contributed by atoms with Crippen molar-refractivity contribution < 1.29 is 0 Å². The number of hydrogen-bond acceptors (Lipinski definition) is 4. The van der Waals surface area contributed by atoms with Gasteiger partial charge >= 0.3 is 0 Å². The second-order valence-electron chi connectivity index (χ2n) is 1.72. The maximum atomic E-state index is 8.38. The topological polar surface area (TPSA) is 62.5 Å². The van der Waals surface area contributed by atoms with Crippen LogP contribution < -0.4 is 0 Å². The summed E-state index contributed by atoms with van der Waals surface area (Å²) in [6, 6.07) is 1.89. The first kappa shape index (κ1) is 6.62. The summed E-state index contributed by atoms with van der Waals surface area (Å²) in [5, 5.41) is 15.7. The van der Waals surface area contributed by atoms with Crippen LogP contribution in [0, 0.1) is 11.3 Å². The smallest absolute Gasteiger partial charge is 0.162 e. The summed E-state index contributed by atoms with van der Waals surface area (Å²) in [6.07, 6.45) is 2.06. The van der Waals surface area contributed by atoms with Gasteiger partial charge in [0.25, 0.3) is 0 Å². The standard InChI is InChI=1S/C6H6N4/c1-2-6-9-5(3-7)4-8-10-6/h4H,2H2,1H3. The van der Waals surface area contributed by atoms with Crippen molar-refractivity contribution in [3.63, 3.8) is 0 Å². The van der Waals surface area contributed by atoms with Crippen molar-refractivity contribution in [2.24, 2.45) is 0 Å². The molecular formula is C6H6N4. The summed E-state index contributed by atoms with van der Waals surface area (Å²) in [4.78, 5) is 3.88. The van der Waals surface area contributed by atoms with Crippen LogP contribution in [0.4, 0.5) is 0 Å². The maximum Gasteiger partial charge on any atom is 0.162 e. The highest BCUT2D eigenvalue weighted by Crippen LogP contribution is 1.90. The van der Waals surface area contributed by atoms with Crippen molar-refractivity contribution in [1.82, 2.24) is 15.2 Å². The number of hydrogen-bond donors (Lipinski definition) is 0. The second kappa shape index (κ2) is 2.87. The molecule has 1 aromatic heterocycles. The number of nitriles is 1. The SMILES string of the molecule is CCc1nncc(C#N)n1. The number of nitrogens with zero attached hydrogens (tertiary/aromatic N) is 4. The molecule has 1 rings (SSSR count). The van der Waals surface area contributed by atoms with Gasteiger partial charge in [-0.2, -0.15) is 10.4 Å². The minimum atomic E-state index is 0.326. The van der Waals surface area contributed by atoms with Gasteiger partial charge in [0, 0.05) is 6.42 Å². The lowest BCUT2D eigenvalue weighted by molar-refractivity contribution is 0.840. The fourth-order valence-corrected chi connectivity index (χ4v) is 0.544. The third-order valence-electron chi connectivity index (χ3n) is 1.03. The molecule has 0 aromatic carbocycles. The van der Waals surface area contributed by atoms with E-state index in [-0.39, 0.29) is 0 Å². The average Bonchev–Trinajstić information content (AvgIpc) is 2.05. The van der Waals surface area contributed by atoms with Crippen LogP contribution in [-0.4, -0.2) is 15.2 Å². The Morgan fingerprint density at radius 1 is 1.70 bits per heavy atom. The molecule has 0 unspecified atom stereocenters. The Hall–Kier alpha value is -1.50. The van der Waals surface area contributed by atoms with Crippen LogP contribution in [0.5, 0.6) is 0 Å². The van der Waals surface area contributed by atoms with Gasteiger partial charge in [0.1, 0.15) is 6.07 Å².